The van der Waals surface area contributed by atoms with Gasteiger partial charge in [0, 0.05) is 26.1 Å². The van der Waals surface area contributed by atoms with Crippen molar-refractivity contribution in [2.24, 2.45) is 0 Å². The summed E-state index contributed by atoms with van der Waals surface area (Å²) in [6.07, 6.45) is 7.13. The predicted molar refractivity (Wildman–Crippen MR) is 96.8 cm³/mol. The van der Waals surface area contributed by atoms with E-state index >= 15 is 0 Å². The topological polar surface area (TPSA) is 54.3 Å². The first kappa shape index (κ1) is 17.6. The van der Waals surface area contributed by atoms with Crippen LogP contribution in [0.25, 0.3) is 0 Å². The summed E-state index contributed by atoms with van der Waals surface area (Å²) >= 11 is 0. The number of carbonyl (C=O) groups excluding carboxylic acids is 1. The summed E-state index contributed by atoms with van der Waals surface area (Å²) < 4.78 is 1.85. The van der Waals surface area contributed by atoms with Crippen molar-refractivity contribution in [2.75, 3.05) is 20.6 Å². The standard InChI is InChI=1S/C19H27N5O/c1-22(2)13-16-6-8-17(9-7-16)18-5-3-4-11-24(18)19(25)10-12-23-14-20-21-15-23/h6-9,14-15,18H,3-5,10-13H2,1-2H3. The van der Waals surface area contributed by atoms with Crippen LogP contribution in [0.5, 0.6) is 0 Å². The molecule has 1 amide bonds. The lowest BCUT2D eigenvalue weighted by atomic mass is 9.94. The van der Waals surface area contributed by atoms with Crippen molar-refractivity contribution in [3.8, 4) is 0 Å². The highest BCUT2D eigenvalue weighted by Gasteiger charge is 2.27. The van der Waals surface area contributed by atoms with Crippen LogP contribution in [-0.2, 0) is 17.9 Å². The Hall–Kier alpha value is -2.21. The first-order chi connectivity index (χ1) is 12.1. The SMILES string of the molecule is CN(C)Cc1ccc(C2CCCCN2C(=O)CCn2cnnc2)cc1. The number of hydrogen-bond donors (Lipinski definition) is 0. The summed E-state index contributed by atoms with van der Waals surface area (Å²) in [5.74, 6) is 0.218. The molecule has 1 aromatic heterocycles. The highest BCUT2D eigenvalue weighted by atomic mass is 16.2. The second-order valence-corrected chi connectivity index (χ2v) is 7.03. The Morgan fingerprint density at radius 1 is 1.16 bits per heavy atom. The Bertz CT molecular complexity index is 666. The van der Waals surface area contributed by atoms with E-state index in [9.17, 15) is 4.79 Å². The van der Waals surface area contributed by atoms with Crippen molar-refractivity contribution in [1.82, 2.24) is 24.6 Å². The van der Waals surface area contributed by atoms with E-state index in [0.29, 0.717) is 13.0 Å². The molecule has 3 rings (SSSR count). The average molecular weight is 341 g/mol. The van der Waals surface area contributed by atoms with E-state index in [1.807, 2.05) is 4.57 Å². The van der Waals surface area contributed by atoms with Gasteiger partial charge < -0.3 is 14.4 Å². The minimum Gasteiger partial charge on any atom is -0.336 e. The molecule has 0 spiro atoms. The highest BCUT2D eigenvalue weighted by molar-refractivity contribution is 5.76. The summed E-state index contributed by atoms with van der Waals surface area (Å²) in [4.78, 5) is 17.0. The number of nitrogens with zero attached hydrogens (tertiary/aromatic N) is 5. The fourth-order valence-corrected chi connectivity index (χ4v) is 3.49. The third-order valence-electron chi connectivity index (χ3n) is 4.74. The Kier molecular flexibility index (Phi) is 5.81. The zero-order chi connectivity index (χ0) is 17.6. The Morgan fingerprint density at radius 2 is 1.88 bits per heavy atom. The molecule has 0 aliphatic carbocycles. The molecule has 1 unspecified atom stereocenters. The zero-order valence-corrected chi connectivity index (χ0v) is 15.1. The summed E-state index contributed by atoms with van der Waals surface area (Å²) in [6.45, 7) is 2.43. The van der Waals surface area contributed by atoms with Crippen LogP contribution in [0.15, 0.2) is 36.9 Å². The minimum absolute atomic E-state index is 0.204. The van der Waals surface area contributed by atoms with Gasteiger partial charge in [-0.3, -0.25) is 4.79 Å². The second-order valence-electron chi connectivity index (χ2n) is 7.03. The summed E-state index contributed by atoms with van der Waals surface area (Å²) in [7, 11) is 4.15. The molecule has 134 valence electrons. The van der Waals surface area contributed by atoms with Crippen molar-refractivity contribution < 1.29 is 4.79 Å². The quantitative estimate of drug-likeness (QED) is 0.810. The fraction of sp³-hybridized carbons (Fsp3) is 0.526. The van der Waals surface area contributed by atoms with E-state index in [-0.39, 0.29) is 11.9 Å². The molecule has 1 saturated heterocycles. The molecule has 2 aromatic rings. The monoisotopic (exact) mass is 341 g/mol. The number of piperidine rings is 1. The first-order valence-electron chi connectivity index (χ1n) is 8.99. The van der Waals surface area contributed by atoms with Crippen LogP contribution < -0.4 is 0 Å². The molecule has 1 aliphatic rings. The number of aromatic nitrogens is 3. The molecular weight excluding hydrogens is 314 g/mol. The molecule has 1 fully saturated rings. The number of aryl methyl sites for hydroxylation is 1. The van der Waals surface area contributed by atoms with E-state index < -0.39 is 0 Å². The van der Waals surface area contributed by atoms with E-state index in [1.165, 1.54) is 17.5 Å². The van der Waals surface area contributed by atoms with Gasteiger partial charge in [0.05, 0.1) is 6.04 Å². The maximum Gasteiger partial charge on any atom is 0.224 e. The van der Waals surface area contributed by atoms with Gasteiger partial charge >= 0.3 is 0 Å². The molecule has 6 nitrogen and oxygen atoms in total. The normalized spacial score (nSPS) is 17.9. The molecule has 0 bridgehead atoms. The van der Waals surface area contributed by atoms with Crippen LogP contribution >= 0.6 is 0 Å². The number of amides is 1. The van der Waals surface area contributed by atoms with Crippen LogP contribution in [0, 0.1) is 0 Å². The maximum absolute atomic E-state index is 12.8. The summed E-state index contributed by atoms with van der Waals surface area (Å²) in [5.41, 5.74) is 2.55. The summed E-state index contributed by atoms with van der Waals surface area (Å²) in [5, 5.41) is 7.58. The lowest BCUT2D eigenvalue weighted by molar-refractivity contribution is -0.135. The third-order valence-corrected chi connectivity index (χ3v) is 4.74. The number of carbonyl (C=O) groups is 1. The predicted octanol–water partition coefficient (Wildman–Crippen LogP) is 2.48. The van der Waals surface area contributed by atoms with Gasteiger partial charge in [-0.1, -0.05) is 24.3 Å². The van der Waals surface area contributed by atoms with E-state index in [1.54, 1.807) is 12.7 Å². The van der Waals surface area contributed by atoms with Gasteiger partial charge in [-0.15, -0.1) is 10.2 Å². The van der Waals surface area contributed by atoms with Gasteiger partial charge in [0.1, 0.15) is 12.7 Å². The third kappa shape index (κ3) is 4.66. The summed E-state index contributed by atoms with van der Waals surface area (Å²) in [6, 6.07) is 8.95. The molecule has 25 heavy (non-hydrogen) atoms. The lowest BCUT2D eigenvalue weighted by Crippen LogP contribution is -2.38. The smallest absolute Gasteiger partial charge is 0.224 e. The average Bonchev–Trinajstić information content (AvgIpc) is 3.13. The van der Waals surface area contributed by atoms with Crippen molar-refractivity contribution in [3.05, 3.63) is 48.0 Å². The number of hydrogen-bond acceptors (Lipinski definition) is 4. The van der Waals surface area contributed by atoms with Gasteiger partial charge in [0.2, 0.25) is 5.91 Å². The van der Waals surface area contributed by atoms with Crippen LogP contribution in [-0.4, -0.2) is 51.1 Å². The molecule has 2 heterocycles. The molecule has 1 aliphatic heterocycles. The van der Waals surface area contributed by atoms with E-state index in [0.717, 1.165) is 25.9 Å². The highest BCUT2D eigenvalue weighted by Crippen LogP contribution is 2.31. The van der Waals surface area contributed by atoms with Crippen molar-refractivity contribution in [3.63, 3.8) is 0 Å². The van der Waals surface area contributed by atoms with E-state index in [2.05, 4.69) is 58.4 Å². The van der Waals surface area contributed by atoms with Crippen molar-refractivity contribution in [1.29, 1.82) is 0 Å². The zero-order valence-electron chi connectivity index (χ0n) is 15.1. The van der Waals surface area contributed by atoms with Crippen LogP contribution in [0.3, 0.4) is 0 Å². The second kappa shape index (κ2) is 8.25. The number of rotatable bonds is 6. The van der Waals surface area contributed by atoms with Crippen LogP contribution in [0.2, 0.25) is 0 Å². The van der Waals surface area contributed by atoms with Gasteiger partial charge in [-0.25, -0.2) is 0 Å². The van der Waals surface area contributed by atoms with Gasteiger partial charge in [0.25, 0.3) is 0 Å². The molecule has 0 saturated carbocycles. The maximum atomic E-state index is 12.8. The van der Waals surface area contributed by atoms with Crippen LogP contribution in [0.4, 0.5) is 0 Å². The molecule has 1 aromatic carbocycles. The van der Waals surface area contributed by atoms with Crippen molar-refractivity contribution >= 4 is 5.91 Å². The molecule has 1 atom stereocenters. The molecule has 0 N–H and O–H groups in total. The molecule has 0 radical (unpaired) electrons. The van der Waals surface area contributed by atoms with Gasteiger partial charge in [-0.2, -0.15) is 0 Å². The fourth-order valence-electron chi connectivity index (χ4n) is 3.49. The Balaban J connectivity index is 1.66. The van der Waals surface area contributed by atoms with E-state index in [4.69, 9.17) is 0 Å². The molecule has 6 heteroatoms. The lowest BCUT2D eigenvalue weighted by Gasteiger charge is -2.36. The largest absolute Gasteiger partial charge is 0.336 e. The Labute approximate surface area is 149 Å². The van der Waals surface area contributed by atoms with Gasteiger partial charge in [0.15, 0.2) is 0 Å². The van der Waals surface area contributed by atoms with Crippen LogP contribution in [0.1, 0.15) is 42.9 Å². The number of likely N-dealkylation sites (tertiary alicyclic amines) is 1. The van der Waals surface area contributed by atoms with Crippen molar-refractivity contribution in [2.45, 2.75) is 44.8 Å². The Morgan fingerprint density at radius 3 is 2.56 bits per heavy atom. The minimum atomic E-state index is 0.204. The molecular formula is C19H27N5O. The first-order valence-corrected chi connectivity index (χ1v) is 8.99. The van der Waals surface area contributed by atoms with Gasteiger partial charge in [-0.05, 0) is 44.5 Å². The number of benzene rings is 1.